The summed E-state index contributed by atoms with van der Waals surface area (Å²) in [5.74, 6) is 1.89. The Hall–Kier alpha value is -3.51. The van der Waals surface area contributed by atoms with E-state index in [0.29, 0.717) is 17.5 Å². The topological polar surface area (TPSA) is 77.2 Å². The number of aliphatic hydroxyl groups excluding tert-OH is 1. The zero-order chi connectivity index (χ0) is 22.9. The van der Waals surface area contributed by atoms with Crippen molar-refractivity contribution in [2.24, 2.45) is 5.92 Å². The minimum atomic E-state index is -0.0352. The number of fused-ring (bicyclic) bond motifs is 2. The Morgan fingerprint density at radius 2 is 2.00 bits per heavy atom. The van der Waals surface area contributed by atoms with Crippen LogP contribution in [0.2, 0.25) is 0 Å². The van der Waals surface area contributed by atoms with E-state index in [1.54, 1.807) is 17.1 Å². The molecule has 0 saturated carbocycles. The van der Waals surface area contributed by atoms with Crippen molar-refractivity contribution in [3.63, 3.8) is 0 Å². The monoisotopic (exact) mass is 441 g/mol. The largest absolute Gasteiger partial charge is 0.439 e. The third-order valence-electron chi connectivity index (χ3n) is 6.30. The number of aliphatic hydroxyl groups is 1. The summed E-state index contributed by atoms with van der Waals surface area (Å²) in [7, 11) is 0. The molecular weight excluding hydrogens is 414 g/mol. The maximum atomic E-state index is 13.0. The van der Waals surface area contributed by atoms with Gasteiger partial charge in [0.05, 0.1) is 24.2 Å². The molecule has 2 heterocycles. The first-order valence-corrected chi connectivity index (χ1v) is 11.4. The van der Waals surface area contributed by atoms with E-state index in [9.17, 15) is 9.90 Å². The van der Waals surface area contributed by atoms with Crippen molar-refractivity contribution in [2.75, 3.05) is 0 Å². The molecule has 1 atom stereocenters. The molecule has 5 rings (SSSR count). The molecule has 2 aromatic heterocycles. The highest BCUT2D eigenvalue weighted by molar-refractivity contribution is 5.94. The van der Waals surface area contributed by atoms with E-state index in [2.05, 4.69) is 16.9 Å². The maximum Gasteiger partial charge on any atom is 0.235 e. The smallest absolute Gasteiger partial charge is 0.235 e. The molecule has 4 aromatic rings. The van der Waals surface area contributed by atoms with Gasteiger partial charge in [0.25, 0.3) is 0 Å². The van der Waals surface area contributed by atoms with Gasteiger partial charge in [-0.3, -0.25) is 9.36 Å². The van der Waals surface area contributed by atoms with Crippen molar-refractivity contribution in [3.8, 4) is 11.6 Å². The highest BCUT2D eigenvalue weighted by Gasteiger charge is 2.21. The van der Waals surface area contributed by atoms with Crippen molar-refractivity contribution < 1.29 is 14.6 Å². The summed E-state index contributed by atoms with van der Waals surface area (Å²) in [5, 5.41) is 10.4. The highest BCUT2D eigenvalue weighted by Crippen LogP contribution is 2.33. The van der Waals surface area contributed by atoms with E-state index in [4.69, 9.17) is 4.74 Å². The lowest BCUT2D eigenvalue weighted by Crippen LogP contribution is -2.14. The Morgan fingerprint density at radius 3 is 2.85 bits per heavy atom. The van der Waals surface area contributed by atoms with E-state index in [1.807, 2.05) is 49.4 Å². The van der Waals surface area contributed by atoms with E-state index in [1.165, 1.54) is 0 Å². The van der Waals surface area contributed by atoms with E-state index >= 15 is 0 Å². The normalized spacial score (nSPS) is 15.4. The van der Waals surface area contributed by atoms with E-state index in [-0.39, 0.29) is 18.9 Å². The number of rotatable bonds is 5. The van der Waals surface area contributed by atoms with Gasteiger partial charge in [-0.15, -0.1) is 0 Å². The number of aromatic nitrogens is 3. The zero-order valence-corrected chi connectivity index (χ0v) is 18.9. The number of carbonyl (C=O) groups is 1. The molecule has 6 nitrogen and oxygen atoms in total. The quantitative estimate of drug-likeness (QED) is 0.470. The molecule has 33 heavy (non-hydrogen) atoms. The SMILES string of the molecule is Cc1cc(CO)cc(CC(=O)n2ccc3cc(Oc4ncnc5c4CC(C)CC5)ccc32)c1. The molecule has 1 unspecified atom stereocenters. The Bertz CT molecular complexity index is 1340. The lowest BCUT2D eigenvalue weighted by atomic mass is 9.88. The number of hydrogen-bond donors (Lipinski definition) is 1. The van der Waals surface area contributed by atoms with Crippen LogP contribution in [0.3, 0.4) is 0 Å². The lowest BCUT2D eigenvalue weighted by Gasteiger charge is -2.21. The molecule has 1 aliphatic carbocycles. The Morgan fingerprint density at radius 1 is 1.15 bits per heavy atom. The van der Waals surface area contributed by atoms with Crippen LogP contribution < -0.4 is 4.74 Å². The molecule has 0 bridgehead atoms. The molecule has 0 fully saturated rings. The summed E-state index contributed by atoms with van der Waals surface area (Å²) in [6.45, 7) is 4.18. The van der Waals surface area contributed by atoms with Gasteiger partial charge < -0.3 is 9.84 Å². The van der Waals surface area contributed by atoms with Gasteiger partial charge in [0.2, 0.25) is 11.8 Å². The summed E-state index contributed by atoms with van der Waals surface area (Å²) in [4.78, 5) is 21.8. The van der Waals surface area contributed by atoms with Crippen LogP contribution in [0.1, 0.15) is 46.1 Å². The van der Waals surface area contributed by atoms with Crippen LogP contribution in [-0.2, 0) is 25.9 Å². The first-order valence-electron chi connectivity index (χ1n) is 11.4. The van der Waals surface area contributed by atoms with Crippen LogP contribution in [0.5, 0.6) is 11.6 Å². The molecule has 6 heteroatoms. The number of nitrogens with zero attached hydrogens (tertiary/aromatic N) is 3. The van der Waals surface area contributed by atoms with Crippen LogP contribution in [0.4, 0.5) is 0 Å². The fourth-order valence-electron chi connectivity index (χ4n) is 4.69. The molecule has 1 aliphatic rings. The minimum absolute atomic E-state index is 0.0213. The Kier molecular flexibility index (Phi) is 5.68. The molecule has 168 valence electrons. The van der Waals surface area contributed by atoms with Gasteiger partial charge in [-0.25, -0.2) is 9.97 Å². The molecule has 1 N–H and O–H groups in total. The number of aryl methyl sites for hydroxylation is 2. The second kappa shape index (κ2) is 8.79. The number of ether oxygens (including phenoxy) is 1. The summed E-state index contributed by atoms with van der Waals surface area (Å²) in [6.07, 6.45) is 6.66. The van der Waals surface area contributed by atoms with Crippen molar-refractivity contribution >= 4 is 16.8 Å². The van der Waals surface area contributed by atoms with Crippen molar-refractivity contribution in [1.29, 1.82) is 0 Å². The lowest BCUT2D eigenvalue weighted by molar-refractivity contribution is 0.0919. The summed E-state index contributed by atoms with van der Waals surface area (Å²) >= 11 is 0. The van der Waals surface area contributed by atoms with Crippen LogP contribution in [0.25, 0.3) is 10.9 Å². The first kappa shape index (κ1) is 21.3. The van der Waals surface area contributed by atoms with Gasteiger partial charge in [0, 0.05) is 17.1 Å². The van der Waals surface area contributed by atoms with Gasteiger partial charge in [-0.2, -0.15) is 0 Å². The van der Waals surface area contributed by atoms with Gasteiger partial charge in [0.1, 0.15) is 12.1 Å². The van der Waals surface area contributed by atoms with Crippen molar-refractivity contribution in [3.05, 3.63) is 82.9 Å². The predicted octanol–water partition coefficient (Wildman–Crippen LogP) is 5.03. The van der Waals surface area contributed by atoms with Gasteiger partial charge in [-0.05, 0) is 67.5 Å². The standard InChI is InChI=1S/C27H27N3O3/c1-17-3-5-24-23(11-17)27(29-16-28-24)33-22-4-6-25-21(14-22)7-8-30(25)26(32)13-19-9-18(2)10-20(12-19)15-31/h4,6-10,12,14,16-17,31H,3,5,11,13,15H2,1-2H3. The average Bonchev–Trinajstić information content (AvgIpc) is 3.22. The highest BCUT2D eigenvalue weighted by atomic mass is 16.5. The van der Waals surface area contributed by atoms with E-state index < -0.39 is 0 Å². The Balaban J connectivity index is 1.38. The fraction of sp³-hybridized carbons (Fsp3) is 0.296. The van der Waals surface area contributed by atoms with Gasteiger partial charge in [0.15, 0.2) is 0 Å². The maximum absolute atomic E-state index is 13.0. The summed E-state index contributed by atoms with van der Waals surface area (Å²) in [6, 6.07) is 13.4. The molecule has 2 aromatic carbocycles. The van der Waals surface area contributed by atoms with Crippen LogP contribution in [0.15, 0.2) is 55.0 Å². The van der Waals surface area contributed by atoms with Gasteiger partial charge in [-0.1, -0.05) is 30.7 Å². The average molecular weight is 442 g/mol. The summed E-state index contributed by atoms with van der Waals surface area (Å²) < 4.78 is 7.84. The third kappa shape index (κ3) is 4.39. The third-order valence-corrected chi connectivity index (χ3v) is 6.30. The number of hydrogen-bond acceptors (Lipinski definition) is 5. The molecule has 0 aliphatic heterocycles. The molecule has 0 saturated heterocycles. The second-order valence-corrected chi connectivity index (χ2v) is 9.02. The van der Waals surface area contributed by atoms with Crippen molar-refractivity contribution in [2.45, 2.75) is 46.1 Å². The van der Waals surface area contributed by atoms with Crippen LogP contribution in [-0.4, -0.2) is 25.5 Å². The minimum Gasteiger partial charge on any atom is -0.439 e. The fourth-order valence-corrected chi connectivity index (χ4v) is 4.69. The molecule has 0 spiro atoms. The number of benzene rings is 2. The molecular formula is C27H27N3O3. The Labute approximate surface area is 192 Å². The summed E-state index contributed by atoms with van der Waals surface area (Å²) in [5.41, 5.74) is 5.76. The zero-order valence-electron chi connectivity index (χ0n) is 18.9. The predicted molar refractivity (Wildman–Crippen MR) is 127 cm³/mol. The van der Waals surface area contributed by atoms with Crippen LogP contribution >= 0.6 is 0 Å². The molecule has 0 amide bonds. The van der Waals surface area contributed by atoms with Crippen molar-refractivity contribution in [1.82, 2.24) is 14.5 Å². The van der Waals surface area contributed by atoms with E-state index in [0.717, 1.165) is 58.1 Å². The first-order chi connectivity index (χ1) is 16.0. The number of carbonyl (C=O) groups excluding carboxylic acids is 1. The van der Waals surface area contributed by atoms with Crippen LogP contribution in [0, 0.1) is 12.8 Å². The molecule has 0 radical (unpaired) electrons. The second-order valence-electron chi connectivity index (χ2n) is 9.02. The van der Waals surface area contributed by atoms with Gasteiger partial charge >= 0.3 is 0 Å².